The third kappa shape index (κ3) is 3.95. The number of nitrogens with zero attached hydrogens (tertiary/aromatic N) is 4. The van der Waals surface area contributed by atoms with E-state index in [1.807, 2.05) is 19.1 Å². The lowest BCUT2D eigenvalue weighted by molar-refractivity contribution is -0.117. The number of anilines is 2. The second-order valence-corrected chi connectivity index (χ2v) is 9.49. The monoisotopic (exact) mass is 495 g/mol. The fraction of sp³-hybridized carbons (Fsp3) is 0.217. The number of nitrogens with one attached hydrogen (secondary N) is 1. The van der Waals surface area contributed by atoms with Crippen molar-refractivity contribution in [3.8, 4) is 0 Å². The van der Waals surface area contributed by atoms with E-state index in [0.29, 0.717) is 16.6 Å². The summed E-state index contributed by atoms with van der Waals surface area (Å²) in [4.78, 5) is 52.5. The number of aryl methyl sites for hydroxylation is 1. The van der Waals surface area contributed by atoms with E-state index in [0.717, 1.165) is 27.5 Å². The molecule has 2 aliphatic rings. The molecular formula is C23H18ClN5O4S. The Morgan fingerprint density at radius 3 is 2.50 bits per heavy atom. The van der Waals surface area contributed by atoms with E-state index in [9.17, 15) is 19.2 Å². The Hall–Kier alpha value is -3.63. The third-order valence-corrected chi connectivity index (χ3v) is 7.22. The minimum Gasteiger partial charge on any atom is -0.312 e. The standard InChI is InChI=1S/C23H18ClN5O4S/c1-12-6-7-14(9-17(12)24)28-10-13(8-19(28)31)20-26-27-23(34-20)25-18(30)11-29-21(32)15-4-2-3-5-16(15)22(29)33/h2-7,9,13H,8,10-11H2,1H3,(H,25,27,30)/t13-/m0/s1. The smallest absolute Gasteiger partial charge is 0.262 e. The van der Waals surface area contributed by atoms with Gasteiger partial charge in [0.2, 0.25) is 16.9 Å². The minimum atomic E-state index is -0.560. The van der Waals surface area contributed by atoms with Gasteiger partial charge in [-0.2, -0.15) is 0 Å². The Labute approximate surface area is 203 Å². The summed E-state index contributed by atoms with van der Waals surface area (Å²) in [5.41, 5.74) is 2.22. The van der Waals surface area contributed by atoms with Crippen molar-refractivity contribution in [2.24, 2.45) is 0 Å². The van der Waals surface area contributed by atoms with Crippen LogP contribution >= 0.6 is 22.9 Å². The minimum absolute atomic E-state index is 0.0451. The quantitative estimate of drug-likeness (QED) is 0.544. The predicted molar refractivity (Wildman–Crippen MR) is 126 cm³/mol. The van der Waals surface area contributed by atoms with Gasteiger partial charge in [-0.1, -0.05) is 41.1 Å². The summed E-state index contributed by atoms with van der Waals surface area (Å²) in [6.45, 7) is 1.90. The van der Waals surface area contributed by atoms with E-state index in [-0.39, 0.29) is 34.5 Å². The van der Waals surface area contributed by atoms with Crippen molar-refractivity contribution in [3.63, 3.8) is 0 Å². The Morgan fingerprint density at radius 2 is 1.82 bits per heavy atom. The lowest BCUT2D eigenvalue weighted by Gasteiger charge is -2.17. The molecule has 34 heavy (non-hydrogen) atoms. The Morgan fingerprint density at radius 1 is 1.12 bits per heavy atom. The summed E-state index contributed by atoms with van der Waals surface area (Å²) in [6, 6.07) is 11.9. The molecule has 1 atom stereocenters. The first-order valence-corrected chi connectivity index (χ1v) is 11.7. The zero-order valence-electron chi connectivity index (χ0n) is 17.9. The van der Waals surface area contributed by atoms with E-state index in [2.05, 4.69) is 15.5 Å². The van der Waals surface area contributed by atoms with Gasteiger partial charge in [0.15, 0.2) is 0 Å². The van der Waals surface area contributed by atoms with Gasteiger partial charge in [-0.05, 0) is 36.8 Å². The molecule has 3 aromatic rings. The van der Waals surface area contributed by atoms with Gasteiger partial charge in [-0.3, -0.25) is 29.4 Å². The molecule has 1 aromatic heterocycles. The van der Waals surface area contributed by atoms with Crippen LogP contribution in [0.3, 0.4) is 0 Å². The summed E-state index contributed by atoms with van der Waals surface area (Å²) in [5.74, 6) is -1.79. The van der Waals surface area contributed by atoms with Crippen LogP contribution in [0.4, 0.5) is 10.8 Å². The largest absolute Gasteiger partial charge is 0.312 e. The normalized spacial score (nSPS) is 17.5. The molecule has 5 rings (SSSR count). The van der Waals surface area contributed by atoms with Crippen LogP contribution in [0.5, 0.6) is 0 Å². The zero-order valence-corrected chi connectivity index (χ0v) is 19.5. The molecule has 0 unspecified atom stereocenters. The number of carbonyl (C=O) groups is 4. The summed E-state index contributed by atoms with van der Waals surface area (Å²) >= 11 is 7.37. The average molecular weight is 496 g/mol. The van der Waals surface area contributed by atoms with E-state index in [1.165, 1.54) is 0 Å². The molecule has 0 spiro atoms. The van der Waals surface area contributed by atoms with Crippen molar-refractivity contribution in [1.29, 1.82) is 0 Å². The second kappa shape index (κ2) is 8.62. The maximum Gasteiger partial charge on any atom is 0.262 e. The predicted octanol–water partition coefficient (Wildman–Crippen LogP) is 3.26. The number of fused-ring (bicyclic) bond motifs is 1. The van der Waals surface area contributed by atoms with Crippen LogP contribution in [-0.2, 0) is 9.59 Å². The van der Waals surface area contributed by atoms with Crippen molar-refractivity contribution < 1.29 is 19.2 Å². The van der Waals surface area contributed by atoms with Crippen LogP contribution in [0.1, 0.15) is 43.6 Å². The lowest BCUT2D eigenvalue weighted by Crippen LogP contribution is -2.37. The Bertz CT molecular complexity index is 1320. The number of carbonyl (C=O) groups excluding carboxylic acids is 4. The Kier molecular flexibility index (Phi) is 5.62. The van der Waals surface area contributed by atoms with Gasteiger partial charge in [0.05, 0.1) is 11.1 Å². The molecule has 9 nitrogen and oxygen atoms in total. The molecule has 1 N–H and O–H groups in total. The SMILES string of the molecule is Cc1ccc(N2C[C@@H](c3nnc(NC(=O)CN4C(=O)c5ccccc5C4=O)s3)CC2=O)cc1Cl. The molecule has 2 aliphatic heterocycles. The van der Waals surface area contributed by atoms with E-state index in [1.54, 1.807) is 35.2 Å². The number of hydrogen-bond acceptors (Lipinski definition) is 7. The summed E-state index contributed by atoms with van der Waals surface area (Å²) in [6.07, 6.45) is 0.267. The summed E-state index contributed by atoms with van der Waals surface area (Å²) in [5, 5.41) is 12.2. The van der Waals surface area contributed by atoms with Gasteiger partial charge in [-0.15, -0.1) is 10.2 Å². The van der Waals surface area contributed by atoms with Crippen LogP contribution in [0.15, 0.2) is 42.5 Å². The maximum atomic E-state index is 12.6. The first-order valence-electron chi connectivity index (χ1n) is 10.5. The lowest BCUT2D eigenvalue weighted by atomic mass is 10.1. The fourth-order valence-electron chi connectivity index (χ4n) is 4.01. The molecule has 4 amide bonds. The van der Waals surface area contributed by atoms with Crippen LogP contribution in [-0.4, -0.2) is 51.8 Å². The molecule has 0 saturated carbocycles. The number of hydrogen-bond donors (Lipinski definition) is 1. The highest BCUT2D eigenvalue weighted by molar-refractivity contribution is 7.15. The van der Waals surface area contributed by atoms with Gasteiger partial charge in [0.1, 0.15) is 11.6 Å². The van der Waals surface area contributed by atoms with Crippen molar-refractivity contribution in [1.82, 2.24) is 15.1 Å². The molecule has 1 saturated heterocycles. The number of halogens is 1. The van der Waals surface area contributed by atoms with Crippen LogP contribution < -0.4 is 10.2 Å². The molecule has 0 radical (unpaired) electrons. The summed E-state index contributed by atoms with van der Waals surface area (Å²) in [7, 11) is 0. The number of rotatable bonds is 5. The second-order valence-electron chi connectivity index (χ2n) is 8.07. The topological polar surface area (TPSA) is 113 Å². The highest BCUT2D eigenvalue weighted by Gasteiger charge is 2.37. The van der Waals surface area contributed by atoms with E-state index in [4.69, 9.17) is 11.6 Å². The van der Waals surface area contributed by atoms with Crippen LogP contribution in [0.2, 0.25) is 5.02 Å². The number of benzene rings is 2. The number of aromatic nitrogens is 2. The molecule has 2 aromatic carbocycles. The first-order chi connectivity index (χ1) is 16.3. The third-order valence-electron chi connectivity index (χ3n) is 5.81. The number of amides is 4. The van der Waals surface area contributed by atoms with Gasteiger partial charge in [0.25, 0.3) is 11.8 Å². The molecule has 172 valence electrons. The van der Waals surface area contributed by atoms with Gasteiger partial charge >= 0.3 is 0 Å². The molecular weight excluding hydrogens is 478 g/mol. The van der Waals surface area contributed by atoms with Gasteiger partial charge < -0.3 is 4.90 Å². The van der Waals surface area contributed by atoms with Crippen molar-refractivity contribution in [2.75, 3.05) is 23.3 Å². The van der Waals surface area contributed by atoms with Gasteiger partial charge in [0, 0.05) is 29.6 Å². The Balaban J connectivity index is 1.23. The van der Waals surface area contributed by atoms with E-state index >= 15 is 0 Å². The van der Waals surface area contributed by atoms with Crippen LogP contribution in [0, 0.1) is 6.92 Å². The molecule has 3 heterocycles. The van der Waals surface area contributed by atoms with Crippen molar-refractivity contribution >= 4 is 57.4 Å². The van der Waals surface area contributed by atoms with Gasteiger partial charge in [-0.25, -0.2) is 0 Å². The first kappa shape index (κ1) is 22.2. The maximum absolute atomic E-state index is 12.6. The fourth-order valence-corrected chi connectivity index (χ4v) is 5.03. The molecule has 0 aliphatic carbocycles. The summed E-state index contributed by atoms with van der Waals surface area (Å²) < 4.78 is 0. The van der Waals surface area contributed by atoms with Crippen molar-refractivity contribution in [2.45, 2.75) is 19.3 Å². The van der Waals surface area contributed by atoms with Crippen molar-refractivity contribution in [3.05, 3.63) is 69.2 Å². The van der Waals surface area contributed by atoms with Crippen LogP contribution in [0.25, 0.3) is 0 Å². The molecule has 0 bridgehead atoms. The average Bonchev–Trinajstić information content (AvgIpc) is 3.50. The molecule has 11 heteroatoms. The number of imide groups is 1. The highest BCUT2D eigenvalue weighted by Crippen LogP contribution is 2.35. The van der Waals surface area contributed by atoms with E-state index < -0.39 is 24.3 Å². The highest BCUT2D eigenvalue weighted by atomic mass is 35.5. The molecule has 1 fully saturated rings. The zero-order chi connectivity index (χ0) is 24.0.